The molecule has 6 nitrogen and oxygen atoms in total. The molecule has 0 fully saturated rings. The standard InChI is InChI=1S/C23H30N2O4/c1-5-14-24(19(3)23(27)28-4)17-22(26)25(16-21-12-11-18(2)29-21)15-13-20-9-7-6-8-10-20/h5-12,19H,1,13-17H2,2-4H3/p+1/t19-/m1/s1. The predicted octanol–water partition coefficient (Wildman–Crippen LogP) is 1.79. The number of amides is 1. The Morgan fingerprint density at radius 3 is 2.55 bits per heavy atom. The highest BCUT2D eigenvalue weighted by Crippen LogP contribution is 2.11. The molecule has 1 N–H and O–H groups in total. The van der Waals surface area contributed by atoms with Gasteiger partial charge in [0.25, 0.3) is 5.91 Å². The highest BCUT2D eigenvalue weighted by atomic mass is 16.5. The topological polar surface area (TPSA) is 64.2 Å². The van der Waals surface area contributed by atoms with Crippen LogP contribution in [0.15, 0.2) is 59.5 Å². The molecule has 2 atom stereocenters. The van der Waals surface area contributed by atoms with Crippen molar-refractivity contribution < 1.29 is 23.6 Å². The zero-order valence-corrected chi connectivity index (χ0v) is 17.5. The van der Waals surface area contributed by atoms with Crippen LogP contribution in [0.5, 0.6) is 0 Å². The van der Waals surface area contributed by atoms with E-state index >= 15 is 0 Å². The van der Waals surface area contributed by atoms with Crippen molar-refractivity contribution in [3.63, 3.8) is 0 Å². The van der Waals surface area contributed by atoms with E-state index in [9.17, 15) is 9.59 Å². The minimum absolute atomic E-state index is 0.0393. The molecule has 1 aromatic heterocycles. The van der Waals surface area contributed by atoms with Crippen LogP contribution in [0.3, 0.4) is 0 Å². The molecule has 29 heavy (non-hydrogen) atoms. The molecule has 0 radical (unpaired) electrons. The monoisotopic (exact) mass is 399 g/mol. The molecule has 1 amide bonds. The second-order valence-electron chi connectivity index (χ2n) is 7.14. The lowest BCUT2D eigenvalue weighted by Crippen LogP contribution is -3.17. The third-order valence-electron chi connectivity index (χ3n) is 4.96. The van der Waals surface area contributed by atoms with Gasteiger partial charge in [-0.05, 0) is 44.0 Å². The molecule has 1 unspecified atom stereocenters. The van der Waals surface area contributed by atoms with Crippen molar-refractivity contribution >= 4 is 11.9 Å². The minimum Gasteiger partial charge on any atom is -0.465 e. The maximum absolute atomic E-state index is 13.2. The molecule has 0 bridgehead atoms. The number of furan rings is 1. The molecule has 2 aromatic rings. The summed E-state index contributed by atoms with van der Waals surface area (Å²) in [6.07, 6.45) is 2.46. The van der Waals surface area contributed by atoms with Gasteiger partial charge in [-0.2, -0.15) is 0 Å². The first-order chi connectivity index (χ1) is 13.9. The number of aryl methyl sites for hydroxylation is 1. The SMILES string of the molecule is C=CC[NH+](CC(=O)N(CCc1ccccc1)Cc1ccc(C)o1)[C@H](C)C(=O)OC. The van der Waals surface area contributed by atoms with Gasteiger partial charge in [-0.15, -0.1) is 0 Å². The maximum Gasteiger partial charge on any atom is 0.364 e. The van der Waals surface area contributed by atoms with Crippen LogP contribution in [-0.2, 0) is 27.3 Å². The lowest BCUT2D eigenvalue weighted by atomic mass is 10.1. The van der Waals surface area contributed by atoms with Gasteiger partial charge in [0.15, 0.2) is 12.6 Å². The summed E-state index contributed by atoms with van der Waals surface area (Å²) in [5.74, 6) is 1.18. The van der Waals surface area contributed by atoms with E-state index in [1.807, 2.05) is 49.4 Å². The first kappa shape index (κ1) is 22.4. The molecule has 0 saturated carbocycles. The Bertz CT molecular complexity index is 800. The van der Waals surface area contributed by atoms with E-state index in [0.717, 1.165) is 22.8 Å². The third kappa shape index (κ3) is 6.91. The minimum atomic E-state index is -0.455. The zero-order valence-electron chi connectivity index (χ0n) is 17.5. The number of nitrogens with one attached hydrogen (secondary N) is 1. The maximum atomic E-state index is 13.2. The molecule has 6 heteroatoms. The van der Waals surface area contributed by atoms with Gasteiger partial charge in [0.1, 0.15) is 11.5 Å². The van der Waals surface area contributed by atoms with E-state index < -0.39 is 6.04 Å². The first-order valence-electron chi connectivity index (χ1n) is 9.85. The Labute approximate surface area is 172 Å². The number of quaternary nitrogens is 1. The van der Waals surface area contributed by atoms with Crippen molar-refractivity contribution in [3.8, 4) is 0 Å². The van der Waals surface area contributed by atoms with Gasteiger partial charge < -0.3 is 19.0 Å². The normalized spacial score (nSPS) is 12.8. The van der Waals surface area contributed by atoms with Gasteiger partial charge in [-0.25, -0.2) is 4.79 Å². The molecular formula is C23H31N2O4+. The van der Waals surface area contributed by atoms with Crippen molar-refractivity contribution in [3.05, 3.63) is 72.2 Å². The lowest BCUT2D eigenvalue weighted by Gasteiger charge is -2.27. The predicted molar refractivity (Wildman–Crippen MR) is 111 cm³/mol. The summed E-state index contributed by atoms with van der Waals surface area (Å²) in [4.78, 5) is 27.7. The fourth-order valence-electron chi connectivity index (χ4n) is 3.20. The molecule has 0 aliphatic heterocycles. The van der Waals surface area contributed by atoms with E-state index in [1.54, 1.807) is 17.9 Å². The number of methoxy groups -OCH3 is 1. The molecule has 0 spiro atoms. The average molecular weight is 400 g/mol. The smallest absolute Gasteiger partial charge is 0.364 e. The Kier molecular flexibility index (Phi) is 8.68. The Morgan fingerprint density at radius 2 is 1.97 bits per heavy atom. The quantitative estimate of drug-likeness (QED) is 0.462. The number of carbonyl (C=O) groups is 2. The van der Waals surface area contributed by atoms with Gasteiger partial charge in [0.05, 0.1) is 20.2 Å². The van der Waals surface area contributed by atoms with Crippen LogP contribution < -0.4 is 4.90 Å². The fourth-order valence-corrected chi connectivity index (χ4v) is 3.20. The van der Waals surface area contributed by atoms with Crippen LogP contribution in [-0.4, -0.2) is 49.6 Å². The lowest BCUT2D eigenvalue weighted by molar-refractivity contribution is -0.901. The number of hydrogen-bond donors (Lipinski definition) is 1. The van der Waals surface area contributed by atoms with Crippen LogP contribution in [0.1, 0.15) is 24.0 Å². The van der Waals surface area contributed by atoms with E-state index in [-0.39, 0.29) is 18.4 Å². The largest absolute Gasteiger partial charge is 0.465 e. The van der Waals surface area contributed by atoms with Crippen molar-refractivity contribution in [1.29, 1.82) is 0 Å². The number of hydrogen-bond acceptors (Lipinski definition) is 4. The average Bonchev–Trinajstić information content (AvgIpc) is 3.14. The number of ether oxygens (including phenoxy) is 1. The van der Waals surface area contributed by atoms with Gasteiger partial charge in [-0.3, -0.25) is 4.79 Å². The second-order valence-corrected chi connectivity index (χ2v) is 7.14. The molecule has 1 aromatic carbocycles. The summed E-state index contributed by atoms with van der Waals surface area (Å²) >= 11 is 0. The van der Waals surface area contributed by atoms with Gasteiger partial charge in [0.2, 0.25) is 0 Å². The molecule has 1 heterocycles. The second kappa shape index (κ2) is 11.2. The van der Waals surface area contributed by atoms with E-state index in [4.69, 9.17) is 9.15 Å². The summed E-state index contributed by atoms with van der Waals surface area (Å²) in [6, 6.07) is 13.4. The van der Waals surface area contributed by atoms with Crippen LogP contribution in [0, 0.1) is 6.92 Å². The Balaban J connectivity index is 2.12. The molecule has 156 valence electrons. The van der Waals surface area contributed by atoms with Crippen LogP contribution in [0.2, 0.25) is 0 Å². The van der Waals surface area contributed by atoms with Crippen molar-refractivity contribution in [2.75, 3.05) is 26.7 Å². The van der Waals surface area contributed by atoms with Gasteiger partial charge in [0, 0.05) is 6.54 Å². The van der Waals surface area contributed by atoms with Gasteiger partial charge >= 0.3 is 5.97 Å². The first-order valence-corrected chi connectivity index (χ1v) is 9.85. The molecule has 2 rings (SSSR count). The van der Waals surface area contributed by atoms with E-state index in [1.165, 1.54) is 12.7 Å². The Hall–Kier alpha value is -2.86. The highest BCUT2D eigenvalue weighted by molar-refractivity contribution is 5.78. The summed E-state index contributed by atoms with van der Waals surface area (Å²) in [5, 5.41) is 0. The third-order valence-corrected chi connectivity index (χ3v) is 4.96. The van der Waals surface area contributed by atoms with E-state index in [2.05, 4.69) is 6.58 Å². The highest BCUT2D eigenvalue weighted by Gasteiger charge is 2.29. The fraction of sp³-hybridized carbons (Fsp3) is 0.391. The van der Waals surface area contributed by atoms with Crippen LogP contribution in [0.25, 0.3) is 0 Å². The van der Waals surface area contributed by atoms with Crippen molar-refractivity contribution in [2.45, 2.75) is 32.9 Å². The molecule has 0 saturated heterocycles. The summed E-state index contributed by atoms with van der Waals surface area (Å²) in [6.45, 7) is 9.04. The van der Waals surface area contributed by atoms with E-state index in [0.29, 0.717) is 19.6 Å². The summed E-state index contributed by atoms with van der Waals surface area (Å²) in [5.41, 5.74) is 1.17. The van der Waals surface area contributed by atoms with Crippen LogP contribution in [0.4, 0.5) is 0 Å². The molecule has 0 aliphatic rings. The zero-order chi connectivity index (χ0) is 21.2. The molecule has 0 aliphatic carbocycles. The van der Waals surface area contributed by atoms with Crippen molar-refractivity contribution in [1.82, 2.24) is 4.90 Å². The number of esters is 1. The number of carbonyl (C=O) groups excluding carboxylic acids is 2. The number of benzene rings is 1. The number of rotatable bonds is 11. The summed E-state index contributed by atoms with van der Waals surface area (Å²) < 4.78 is 10.5. The number of nitrogens with zero attached hydrogens (tertiary/aromatic N) is 1. The van der Waals surface area contributed by atoms with Gasteiger partial charge in [-0.1, -0.05) is 36.9 Å². The van der Waals surface area contributed by atoms with Crippen molar-refractivity contribution in [2.24, 2.45) is 0 Å². The summed E-state index contributed by atoms with van der Waals surface area (Å²) in [7, 11) is 1.36. The molecular weight excluding hydrogens is 368 g/mol. The van der Waals surface area contributed by atoms with Crippen LogP contribution >= 0.6 is 0 Å². The Morgan fingerprint density at radius 1 is 1.24 bits per heavy atom.